The van der Waals surface area contributed by atoms with E-state index in [-0.39, 0.29) is 16.1 Å². The fourth-order valence-corrected chi connectivity index (χ4v) is 4.95. The molecule has 4 N–H and O–H groups in total. The summed E-state index contributed by atoms with van der Waals surface area (Å²) in [6, 6.07) is 10.0. The van der Waals surface area contributed by atoms with Crippen LogP contribution in [0, 0.1) is 0 Å². The highest BCUT2D eigenvalue weighted by molar-refractivity contribution is 7.92. The number of carbonyl (C=O) groups is 1. The fraction of sp³-hybridized carbons (Fsp3) is 0.381. The second-order valence-electron chi connectivity index (χ2n) is 7.12. The average Bonchev–Trinajstić information content (AvgIpc) is 2.70. The molecule has 8 heteroatoms. The van der Waals surface area contributed by atoms with Gasteiger partial charge in [0.1, 0.15) is 4.90 Å². The molecule has 0 spiro atoms. The highest BCUT2D eigenvalue weighted by Gasteiger charge is 2.25. The van der Waals surface area contributed by atoms with Crippen LogP contribution in [0.4, 0.5) is 11.4 Å². The molecule has 3 rings (SSSR count). The van der Waals surface area contributed by atoms with Crippen molar-refractivity contribution in [3.05, 3.63) is 53.1 Å². The number of nitrogens with one attached hydrogen (secondary N) is 3. The number of para-hydroxylation sites is 1. The largest absolute Gasteiger partial charge is 0.478 e. The maximum atomic E-state index is 13.1. The van der Waals surface area contributed by atoms with Crippen molar-refractivity contribution in [2.75, 3.05) is 30.2 Å². The van der Waals surface area contributed by atoms with Crippen molar-refractivity contribution in [1.29, 1.82) is 0 Å². The molecule has 1 aliphatic rings. The van der Waals surface area contributed by atoms with Crippen LogP contribution in [-0.2, 0) is 22.9 Å². The summed E-state index contributed by atoms with van der Waals surface area (Å²) in [6.07, 6.45) is 4.23. The van der Waals surface area contributed by atoms with E-state index in [4.69, 9.17) is 0 Å². The summed E-state index contributed by atoms with van der Waals surface area (Å²) >= 11 is 0. The first kappa shape index (κ1) is 21.1. The zero-order chi connectivity index (χ0) is 20.9. The van der Waals surface area contributed by atoms with E-state index in [0.717, 1.165) is 43.4 Å². The van der Waals surface area contributed by atoms with Gasteiger partial charge in [-0.1, -0.05) is 18.2 Å². The van der Waals surface area contributed by atoms with Crippen molar-refractivity contribution in [1.82, 2.24) is 5.32 Å². The molecule has 2 aromatic rings. The fourth-order valence-electron chi connectivity index (χ4n) is 3.69. The minimum atomic E-state index is -3.96. The number of rotatable bonds is 9. The van der Waals surface area contributed by atoms with E-state index in [0.29, 0.717) is 18.7 Å². The van der Waals surface area contributed by atoms with Crippen LogP contribution in [0.2, 0.25) is 0 Å². The number of aryl methyl sites for hydroxylation is 1. The highest BCUT2D eigenvalue weighted by Crippen LogP contribution is 2.32. The minimum Gasteiger partial charge on any atom is -0.478 e. The zero-order valence-corrected chi connectivity index (χ0v) is 17.3. The molecule has 2 aromatic carbocycles. The third kappa shape index (κ3) is 4.89. The maximum absolute atomic E-state index is 13.1. The molecule has 0 atom stereocenters. The number of anilines is 2. The lowest BCUT2D eigenvalue weighted by Crippen LogP contribution is -2.20. The monoisotopic (exact) mass is 417 g/mol. The quantitative estimate of drug-likeness (QED) is 0.467. The number of aromatic carboxylic acids is 1. The molecule has 29 heavy (non-hydrogen) atoms. The molecule has 0 aliphatic heterocycles. The Morgan fingerprint density at radius 1 is 1.03 bits per heavy atom. The van der Waals surface area contributed by atoms with E-state index < -0.39 is 16.0 Å². The molecule has 156 valence electrons. The molecular formula is C21H27N3O4S. The van der Waals surface area contributed by atoms with Gasteiger partial charge in [-0.3, -0.25) is 4.72 Å². The Morgan fingerprint density at radius 3 is 2.55 bits per heavy atom. The normalized spacial score (nSPS) is 13.6. The first-order valence-electron chi connectivity index (χ1n) is 9.82. The second kappa shape index (κ2) is 9.28. The lowest BCUT2D eigenvalue weighted by atomic mass is 9.87. The van der Waals surface area contributed by atoms with Crippen LogP contribution in [0.25, 0.3) is 0 Å². The molecule has 0 bridgehead atoms. The van der Waals surface area contributed by atoms with Crippen molar-refractivity contribution >= 4 is 27.4 Å². The van der Waals surface area contributed by atoms with Crippen LogP contribution in [0.1, 0.15) is 40.7 Å². The van der Waals surface area contributed by atoms with Gasteiger partial charge >= 0.3 is 5.97 Å². The highest BCUT2D eigenvalue weighted by atomic mass is 32.2. The number of carboxylic acids is 1. The average molecular weight is 418 g/mol. The molecule has 0 aromatic heterocycles. The molecule has 0 unspecified atom stereocenters. The molecule has 0 amide bonds. The Bertz CT molecular complexity index is 989. The Hall–Kier alpha value is -2.58. The van der Waals surface area contributed by atoms with Crippen LogP contribution in [0.15, 0.2) is 41.3 Å². The summed E-state index contributed by atoms with van der Waals surface area (Å²) in [5.74, 6) is -1.11. The maximum Gasteiger partial charge on any atom is 0.338 e. The van der Waals surface area contributed by atoms with Gasteiger partial charge in [-0.05, 0) is 75.0 Å². The smallest absolute Gasteiger partial charge is 0.338 e. The molecule has 1 aliphatic carbocycles. The van der Waals surface area contributed by atoms with Gasteiger partial charge in [-0.25, -0.2) is 13.2 Å². The minimum absolute atomic E-state index is 0.0604. The summed E-state index contributed by atoms with van der Waals surface area (Å²) in [4.78, 5) is 12.0. The van der Waals surface area contributed by atoms with Crippen molar-refractivity contribution < 1.29 is 18.3 Å². The van der Waals surface area contributed by atoms with Gasteiger partial charge < -0.3 is 15.7 Å². The van der Waals surface area contributed by atoms with E-state index in [1.165, 1.54) is 6.07 Å². The van der Waals surface area contributed by atoms with Crippen LogP contribution in [0.5, 0.6) is 0 Å². The van der Waals surface area contributed by atoms with Crippen molar-refractivity contribution in [3.63, 3.8) is 0 Å². The number of carboxylic acid groups (broad SMARTS) is 1. The molecule has 0 saturated carbocycles. The van der Waals surface area contributed by atoms with Gasteiger partial charge in [0.2, 0.25) is 0 Å². The third-order valence-electron chi connectivity index (χ3n) is 5.09. The Kier molecular flexibility index (Phi) is 6.76. The van der Waals surface area contributed by atoms with E-state index in [9.17, 15) is 18.3 Å². The zero-order valence-electron chi connectivity index (χ0n) is 16.5. The number of sulfonamides is 1. The standard InChI is InChI=1S/C21H27N3O4S/c1-22-13-6-14-23-17-9-4-5-10-19(17)29(27,28)24-18-12-11-15-7-2-3-8-16(15)20(18)21(25)26/h4-5,9-12,22-24H,2-3,6-8,13-14H2,1H3,(H,25,26). The first-order valence-corrected chi connectivity index (χ1v) is 11.3. The number of fused-ring (bicyclic) bond motifs is 1. The SMILES string of the molecule is CNCCCNc1ccccc1S(=O)(=O)Nc1ccc2c(c1C(=O)O)CCCC2. The lowest BCUT2D eigenvalue weighted by Gasteiger charge is -2.21. The summed E-state index contributed by atoms with van der Waals surface area (Å²) < 4.78 is 28.7. The van der Waals surface area contributed by atoms with E-state index in [1.807, 2.05) is 13.1 Å². The summed E-state index contributed by atoms with van der Waals surface area (Å²) in [7, 11) is -2.10. The van der Waals surface area contributed by atoms with Crippen molar-refractivity contribution in [3.8, 4) is 0 Å². The predicted molar refractivity (Wildman–Crippen MR) is 114 cm³/mol. The number of hydrogen-bond donors (Lipinski definition) is 4. The van der Waals surface area contributed by atoms with E-state index in [1.54, 1.807) is 24.3 Å². The van der Waals surface area contributed by atoms with Crippen LogP contribution in [0.3, 0.4) is 0 Å². The predicted octanol–water partition coefficient (Wildman–Crippen LogP) is 3.09. The number of hydrogen-bond acceptors (Lipinski definition) is 5. The van der Waals surface area contributed by atoms with E-state index in [2.05, 4.69) is 15.4 Å². The van der Waals surface area contributed by atoms with Crippen LogP contribution >= 0.6 is 0 Å². The summed E-state index contributed by atoms with van der Waals surface area (Å²) in [6.45, 7) is 1.43. The van der Waals surface area contributed by atoms with Crippen molar-refractivity contribution in [2.45, 2.75) is 37.0 Å². The lowest BCUT2D eigenvalue weighted by molar-refractivity contribution is 0.0696. The molecule has 0 heterocycles. The van der Waals surface area contributed by atoms with Crippen molar-refractivity contribution in [2.24, 2.45) is 0 Å². The van der Waals surface area contributed by atoms with Gasteiger partial charge in [0.25, 0.3) is 10.0 Å². The molecule has 0 saturated heterocycles. The summed E-state index contributed by atoms with van der Waals surface area (Å²) in [5, 5.41) is 16.0. The van der Waals surface area contributed by atoms with Gasteiger partial charge in [0.05, 0.1) is 16.9 Å². The van der Waals surface area contributed by atoms with Gasteiger partial charge in [-0.15, -0.1) is 0 Å². The van der Waals surface area contributed by atoms with Crippen LogP contribution < -0.4 is 15.4 Å². The third-order valence-corrected chi connectivity index (χ3v) is 6.51. The number of benzene rings is 2. The molecular weight excluding hydrogens is 390 g/mol. The van der Waals surface area contributed by atoms with E-state index >= 15 is 0 Å². The first-order chi connectivity index (χ1) is 13.9. The Labute approximate surface area is 171 Å². The Morgan fingerprint density at radius 2 is 1.79 bits per heavy atom. The molecule has 0 radical (unpaired) electrons. The van der Waals surface area contributed by atoms with Crippen LogP contribution in [-0.4, -0.2) is 39.6 Å². The molecule has 7 nitrogen and oxygen atoms in total. The Balaban J connectivity index is 1.92. The van der Waals surface area contributed by atoms with Gasteiger partial charge in [-0.2, -0.15) is 0 Å². The summed E-state index contributed by atoms with van der Waals surface area (Å²) in [5.41, 5.74) is 2.39. The molecule has 0 fully saturated rings. The van der Waals surface area contributed by atoms with Gasteiger partial charge in [0, 0.05) is 6.54 Å². The second-order valence-corrected chi connectivity index (χ2v) is 8.77. The topological polar surface area (TPSA) is 108 Å². The van der Waals surface area contributed by atoms with Gasteiger partial charge in [0.15, 0.2) is 0 Å².